The van der Waals surface area contributed by atoms with Crippen molar-refractivity contribution < 1.29 is 24.5 Å². The average Bonchev–Trinajstić information content (AvgIpc) is 3.54. The third-order valence-electron chi connectivity index (χ3n) is 6.47. The fourth-order valence-electron chi connectivity index (χ4n) is 4.73. The highest BCUT2D eigenvalue weighted by molar-refractivity contribution is 5.95. The lowest BCUT2D eigenvalue weighted by molar-refractivity contribution is 0.0668. The van der Waals surface area contributed by atoms with E-state index >= 15 is 4.39 Å². The molecule has 1 atom stereocenters. The predicted octanol–water partition coefficient (Wildman–Crippen LogP) is 2.44. The molecule has 1 saturated heterocycles. The number of carboxylic acid groups (broad SMARTS) is 1. The van der Waals surface area contributed by atoms with Crippen LogP contribution >= 0.6 is 0 Å². The van der Waals surface area contributed by atoms with Crippen LogP contribution in [-0.4, -0.2) is 51.7 Å². The van der Waals surface area contributed by atoms with Gasteiger partial charge in [-0.3, -0.25) is 4.79 Å². The maximum atomic E-state index is 15.2. The van der Waals surface area contributed by atoms with Crippen LogP contribution in [0.15, 0.2) is 17.1 Å². The van der Waals surface area contributed by atoms with Gasteiger partial charge in [-0.2, -0.15) is 0 Å². The summed E-state index contributed by atoms with van der Waals surface area (Å²) in [7, 11) is 0. The number of fused-ring (bicyclic) bond motifs is 1. The Morgan fingerprint density at radius 1 is 1.27 bits per heavy atom. The molecule has 2 aromatic rings. The largest absolute Gasteiger partial charge is 0.477 e. The molecule has 0 bridgehead atoms. The number of anilines is 1. The van der Waals surface area contributed by atoms with E-state index in [4.69, 9.17) is 5.11 Å². The minimum Gasteiger partial charge on any atom is -0.477 e. The third kappa shape index (κ3) is 3.58. The van der Waals surface area contributed by atoms with Gasteiger partial charge in [0.2, 0.25) is 5.43 Å². The number of carbonyl (C=O) groups is 1. The summed E-state index contributed by atoms with van der Waals surface area (Å²) in [5, 5.41) is 28.7. The zero-order valence-corrected chi connectivity index (χ0v) is 17.0. The van der Waals surface area contributed by atoms with Crippen LogP contribution in [0, 0.1) is 18.7 Å². The highest BCUT2D eigenvalue weighted by atomic mass is 19.1. The fourth-order valence-corrected chi connectivity index (χ4v) is 4.73. The molecule has 3 N–H and O–H groups in total. The van der Waals surface area contributed by atoms with Crippen molar-refractivity contribution in [3.05, 3.63) is 39.4 Å². The molecule has 30 heavy (non-hydrogen) atoms. The van der Waals surface area contributed by atoms with Gasteiger partial charge in [-0.1, -0.05) is 0 Å². The second kappa shape index (κ2) is 8.00. The fraction of sp³-hybridized carbons (Fsp3) is 0.545. The molecule has 2 heterocycles. The number of aliphatic hydroxyl groups excluding tert-OH is 2. The lowest BCUT2D eigenvalue weighted by Crippen LogP contribution is -2.39. The molecule has 1 saturated carbocycles. The summed E-state index contributed by atoms with van der Waals surface area (Å²) in [6, 6.07) is 1.31. The summed E-state index contributed by atoms with van der Waals surface area (Å²) in [5.74, 6) is -1.77. The van der Waals surface area contributed by atoms with Gasteiger partial charge in [0.15, 0.2) is 0 Å². The molecule has 1 aliphatic heterocycles. The van der Waals surface area contributed by atoms with Crippen LogP contribution < -0.4 is 10.3 Å². The molecule has 8 heteroatoms. The minimum absolute atomic E-state index is 0.0587. The Labute approximate surface area is 173 Å². The minimum atomic E-state index is -1.30. The molecule has 2 fully saturated rings. The van der Waals surface area contributed by atoms with Crippen LogP contribution in [0.4, 0.5) is 10.1 Å². The quantitative estimate of drug-likeness (QED) is 0.666. The molecule has 4 rings (SSSR count). The number of aromatic nitrogens is 1. The molecule has 2 aliphatic rings. The van der Waals surface area contributed by atoms with E-state index < -0.39 is 23.3 Å². The smallest absolute Gasteiger partial charge is 0.341 e. The van der Waals surface area contributed by atoms with Gasteiger partial charge in [0.25, 0.3) is 0 Å². The summed E-state index contributed by atoms with van der Waals surface area (Å²) in [4.78, 5) is 26.2. The Bertz CT molecular complexity index is 1040. The Hall–Kier alpha value is -2.45. The maximum Gasteiger partial charge on any atom is 0.341 e. The van der Waals surface area contributed by atoms with Crippen LogP contribution in [-0.2, 0) is 0 Å². The van der Waals surface area contributed by atoms with Crippen molar-refractivity contribution in [3.8, 4) is 0 Å². The maximum absolute atomic E-state index is 15.2. The van der Waals surface area contributed by atoms with E-state index in [-0.39, 0.29) is 29.5 Å². The van der Waals surface area contributed by atoms with Gasteiger partial charge in [-0.15, -0.1) is 0 Å². The Balaban J connectivity index is 1.76. The Morgan fingerprint density at radius 3 is 2.50 bits per heavy atom. The van der Waals surface area contributed by atoms with Gasteiger partial charge in [0.1, 0.15) is 11.4 Å². The zero-order chi connectivity index (χ0) is 21.6. The molecule has 0 radical (unpaired) electrons. The number of aliphatic hydroxyl groups is 2. The number of halogens is 1. The number of aromatic carboxylic acids is 1. The molecule has 7 nitrogen and oxygen atoms in total. The van der Waals surface area contributed by atoms with Gasteiger partial charge >= 0.3 is 5.97 Å². The van der Waals surface area contributed by atoms with E-state index in [2.05, 4.69) is 0 Å². The molecule has 1 aromatic carbocycles. The van der Waals surface area contributed by atoms with Crippen molar-refractivity contribution in [1.82, 2.24) is 4.57 Å². The van der Waals surface area contributed by atoms with Gasteiger partial charge in [0, 0.05) is 37.3 Å². The predicted molar refractivity (Wildman–Crippen MR) is 111 cm³/mol. The molecule has 1 unspecified atom stereocenters. The summed E-state index contributed by atoms with van der Waals surface area (Å²) in [5.41, 5.74) is 0.689. The van der Waals surface area contributed by atoms with E-state index in [9.17, 15) is 19.8 Å². The topological polar surface area (TPSA) is 103 Å². The van der Waals surface area contributed by atoms with Gasteiger partial charge < -0.3 is 24.8 Å². The lowest BCUT2D eigenvalue weighted by Gasteiger charge is -2.36. The molecule has 1 aromatic heterocycles. The van der Waals surface area contributed by atoms with Crippen LogP contribution in [0.3, 0.4) is 0 Å². The molecule has 0 amide bonds. The monoisotopic (exact) mass is 418 g/mol. The summed E-state index contributed by atoms with van der Waals surface area (Å²) in [6.45, 7) is 2.86. The number of carboxylic acids is 1. The van der Waals surface area contributed by atoms with Gasteiger partial charge in [0.05, 0.1) is 17.3 Å². The number of pyridine rings is 1. The second-order valence-electron chi connectivity index (χ2n) is 8.45. The van der Waals surface area contributed by atoms with Crippen molar-refractivity contribution in [3.63, 3.8) is 0 Å². The van der Waals surface area contributed by atoms with E-state index in [1.54, 1.807) is 6.92 Å². The third-order valence-corrected chi connectivity index (χ3v) is 6.47. The molecular formula is C22H27FN2O5. The number of rotatable bonds is 6. The highest BCUT2D eigenvalue weighted by Crippen LogP contribution is 2.40. The number of aryl methyl sites for hydroxylation is 1. The Morgan fingerprint density at radius 2 is 1.93 bits per heavy atom. The summed E-state index contributed by atoms with van der Waals surface area (Å²) < 4.78 is 17.0. The van der Waals surface area contributed by atoms with Crippen LogP contribution in [0.5, 0.6) is 0 Å². The first kappa shape index (κ1) is 20.8. The van der Waals surface area contributed by atoms with Crippen molar-refractivity contribution in [2.45, 2.75) is 51.2 Å². The van der Waals surface area contributed by atoms with E-state index in [0.29, 0.717) is 49.1 Å². The lowest BCUT2D eigenvalue weighted by atomic mass is 9.89. The van der Waals surface area contributed by atoms with Gasteiger partial charge in [-0.05, 0) is 56.6 Å². The Kier molecular flexibility index (Phi) is 5.55. The van der Waals surface area contributed by atoms with E-state index in [1.807, 2.05) is 9.47 Å². The van der Waals surface area contributed by atoms with Crippen LogP contribution in [0.25, 0.3) is 10.9 Å². The second-order valence-corrected chi connectivity index (χ2v) is 8.45. The molecule has 1 aliphatic carbocycles. The van der Waals surface area contributed by atoms with E-state index in [0.717, 1.165) is 12.8 Å². The number of piperidine rings is 1. The van der Waals surface area contributed by atoms with Crippen molar-refractivity contribution in [2.75, 3.05) is 24.6 Å². The van der Waals surface area contributed by atoms with Crippen LogP contribution in [0.2, 0.25) is 0 Å². The van der Waals surface area contributed by atoms with Crippen molar-refractivity contribution >= 4 is 22.6 Å². The van der Waals surface area contributed by atoms with E-state index in [1.165, 1.54) is 12.3 Å². The average molecular weight is 418 g/mol. The molecule has 162 valence electrons. The van der Waals surface area contributed by atoms with Crippen LogP contribution in [0.1, 0.15) is 54.1 Å². The first-order valence-corrected chi connectivity index (χ1v) is 10.5. The molecular weight excluding hydrogens is 391 g/mol. The number of benzene rings is 1. The first-order valence-electron chi connectivity index (χ1n) is 10.5. The standard InChI is InChI=1S/C22H27FN2O5/c1-12-19-15(21(28)16(22(29)30)11-25(19)14-2-3-14)10-17(23)20(12)24-7-4-13(5-8-24)18(27)6-9-26/h10-11,13-14,18,26-27H,2-9H2,1H3,(H,29,30). The zero-order valence-electron chi connectivity index (χ0n) is 17.0. The summed E-state index contributed by atoms with van der Waals surface area (Å²) in [6.07, 6.45) is 4.35. The number of hydrogen-bond acceptors (Lipinski definition) is 5. The number of nitrogens with zero attached hydrogens (tertiary/aromatic N) is 2. The van der Waals surface area contributed by atoms with Crippen molar-refractivity contribution in [1.29, 1.82) is 0 Å². The number of hydrogen-bond donors (Lipinski definition) is 3. The SMILES string of the molecule is Cc1c(N2CCC(C(O)CCO)CC2)c(F)cc2c(=O)c(C(=O)O)cn(C3CC3)c12. The van der Waals surface area contributed by atoms with Crippen molar-refractivity contribution in [2.24, 2.45) is 5.92 Å². The molecule has 0 spiro atoms. The first-order chi connectivity index (χ1) is 14.3. The normalized spacial score (nSPS) is 18.7. The highest BCUT2D eigenvalue weighted by Gasteiger charge is 2.31. The van der Waals surface area contributed by atoms with Gasteiger partial charge in [-0.25, -0.2) is 9.18 Å². The summed E-state index contributed by atoms with van der Waals surface area (Å²) >= 11 is 0.